The summed E-state index contributed by atoms with van der Waals surface area (Å²) in [7, 11) is 0. The van der Waals surface area contributed by atoms with E-state index in [4.69, 9.17) is 79.1 Å². The summed E-state index contributed by atoms with van der Waals surface area (Å²) in [5.74, 6) is -0.158. The minimum Gasteiger partial charge on any atom is -0.453 e. The molecular weight excluding hydrogens is 423 g/mol. The Morgan fingerprint density at radius 3 is 2.18 bits per heavy atom. The smallest absolute Gasteiger partial charge is 0.311 e. The number of nitro benzene ring substituents is 1. The Labute approximate surface area is 155 Å². The van der Waals surface area contributed by atoms with Crippen molar-refractivity contribution >= 4 is 75.3 Å². The van der Waals surface area contributed by atoms with Gasteiger partial charge >= 0.3 is 5.69 Å². The Morgan fingerprint density at radius 1 is 1.14 bits per heavy atom. The van der Waals surface area contributed by atoms with Gasteiger partial charge in [-0.3, -0.25) is 10.1 Å². The average Bonchev–Trinajstić information content (AvgIpc) is 2.33. The standard InChI is InChI=1S/C11H7Cl6NO4/c1-4-2-5-7(6(3-4)18(19)20)21-9(11(15,16)17)22-8(5)10(12,13)14/h2-3,8-9H,1H3/t8-,9+/m1/s1. The number of nitrogens with zero attached hydrogens (tertiary/aromatic N) is 1. The maximum atomic E-state index is 11.2. The monoisotopic (exact) mass is 427 g/mol. The molecule has 122 valence electrons. The normalized spacial score (nSPS) is 22.0. The molecule has 5 nitrogen and oxygen atoms in total. The number of alkyl halides is 6. The fourth-order valence-corrected chi connectivity index (χ4v) is 2.76. The minimum absolute atomic E-state index is 0.158. The summed E-state index contributed by atoms with van der Waals surface area (Å²) in [4.78, 5) is 10.6. The van der Waals surface area contributed by atoms with Crippen molar-refractivity contribution in [3.05, 3.63) is 33.4 Å². The van der Waals surface area contributed by atoms with Gasteiger partial charge in [0.25, 0.3) is 3.79 Å². The SMILES string of the molecule is Cc1cc2c(c([N+](=O)[O-])c1)O[C@H](C(Cl)(Cl)Cl)O[C@H]2C(Cl)(Cl)Cl. The molecule has 0 N–H and O–H groups in total. The summed E-state index contributed by atoms with van der Waals surface area (Å²) in [6.07, 6.45) is -2.69. The zero-order valence-electron chi connectivity index (χ0n) is 10.7. The number of halogens is 6. The summed E-state index contributed by atoms with van der Waals surface area (Å²) < 4.78 is 6.74. The molecule has 1 heterocycles. The van der Waals surface area contributed by atoms with E-state index in [0.29, 0.717) is 5.56 Å². The van der Waals surface area contributed by atoms with Crippen LogP contribution in [0.5, 0.6) is 5.75 Å². The Hall–Kier alpha value is 0.120. The zero-order valence-corrected chi connectivity index (χ0v) is 15.2. The molecule has 0 saturated heterocycles. The maximum Gasteiger partial charge on any atom is 0.311 e. The van der Waals surface area contributed by atoms with E-state index in [2.05, 4.69) is 0 Å². The Kier molecular flexibility index (Phi) is 5.21. The van der Waals surface area contributed by atoms with Gasteiger partial charge in [0.2, 0.25) is 15.8 Å². The zero-order chi connectivity index (χ0) is 16.9. The van der Waals surface area contributed by atoms with Crippen LogP contribution in [0.2, 0.25) is 0 Å². The summed E-state index contributed by atoms with van der Waals surface area (Å²) in [6, 6.07) is 2.85. The van der Waals surface area contributed by atoms with Gasteiger partial charge in [-0.2, -0.15) is 0 Å². The predicted molar refractivity (Wildman–Crippen MR) is 86.7 cm³/mol. The minimum atomic E-state index is -2.04. The van der Waals surface area contributed by atoms with Crippen LogP contribution in [0.15, 0.2) is 12.1 Å². The summed E-state index contributed by atoms with van der Waals surface area (Å²) >= 11 is 34.9. The molecule has 1 aromatic carbocycles. The van der Waals surface area contributed by atoms with Crippen LogP contribution in [0.25, 0.3) is 0 Å². The number of aryl methyl sites for hydroxylation is 1. The lowest BCUT2D eigenvalue weighted by molar-refractivity contribution is -0.387. The van der Waals surface area contributed by atoms with Crippen LogP contribution in [0, 0.1) is 17.0 Å². The van der Waals surface area contributed by atoms with E-state index in [1.54, 1.807) is 13.0 Å². The molecular formula is C11H7Cl6NO4. The van der Waals surface area contributed by atoms with Crippen LogP contribution < -0.4 is 4.74 Å². The van der Waals surface area contributed by atoms with Crippen molar-refractivity contribution in [1.82, 2.24) is 0 Å². The third-order valence-electron chi connectivity index (χ3n) is 2.77. The fourth-order valence-electron chi connectivity index (χ4n) is 1.97. The van der Waals surface area contributed by atoms with Gasteiger partial charge < -0.3 is 9.47 Å². The maximum absolute atomic E-state index is 11.2. The van der Waals surface area contributed by atoms with E-state index in [9.17, 15) is 10.1 Å². The number of nitro groups is 1. The van der Waals surface area contributed by atoms with Gasteiger partial charge in [-0.25, -0.2) is 0 Å². The van der Waals surface area contributed by atoms with Gasteiger partial charge in [-0.15, -0.1) is 0 Å². The van der Waals surface area contributed by atoms with Crippen LogP contribution >= 0.6 is 69.6 Å². The molecule has 2 atom stereocenters. The third kappa shape index (κ3) is 3.78. The van der Waals surface area contributed by atoms with Gasteiger partial charge in [0, 0.05) is 11.6 Å². The predicted octanol–water partition coefficient (Wildman–Crippen LogP) is 5.42. The van der Waals surface area contributed by atoms with Gasteiger partial charge in [0.1, 0.15) is 6.10 Å². The number of hydrogen-bond acceptors (Lipinski definition) is 4. The highest BCUT2D eigenvalue weighted by Crippen LogP contribution is 2.53. The van der Waals surface area contributed by atoms with E-state index in [1.165, 1.54) is 6.07 Å². The molecule has 2 rings (SSSR count). The van der Waals surface area contributed by atoms with E-state index >= 15 is 0 Å². The van der Waals surface area contributed by atoms with Crippen molar-refractivity contribution in [2.45, 2.75) is 26.9 Å². The molecule has 11 heteroatoms. The lowest BCUT2D eigenvalue weighted by atomic mass is 10.0. The van der Waals surface area contributed by atoms with E-state index < -0.39 is 24.9 Å². The van der Waals surface area contributed by atoms with Crippen LogP contribution in [0.1, 0.15) is 17.2 Å². The number of rotatable bonds is 1. The lowest BCUT2D eigenvalue weighted by Crippen LogP contribution is -2.42. The largest absolute Gasteiger partial charge is 0.453 e. The summed E-state index contributed by atoms with van der Waals surface area (Å²) in [5, 5.41) is 11.2. The molecule has 0 fully saturated rings. The lowest BCUT2D eigenvalue weighted by Gasteiger charge is -2.37. The van der Waals surface area contributed by atoms with Crippen molar-refractivity contribution < 1.29 is 14.4 Å². The molecule has 0 bridgehead atoms. The molecule has 22 heavy (non-hydrogen) atoms. The molecule has 1 aliphatic rings. The molecule has 0 spiro atoms. The highest BCUT2D eigenvalue weighted by Gasteiger charge is 2.50. The summed E-state index contributed by atoms with van der Waals surface area (Å²) in [5.41, 5.74) is 0.415. The second-order valence-corrected chi connectivity index (χ2v) is 9.25. The Balaban J connectivity index is 2.66. The number of ether oxygens (including phenoxy) is 2. The van der Waals surface area contributed by atoms with Crippen LogP contribution in [-0.4, -0.2) is 18.8 Å². The highest BCUT2D eigenvalue weighted by atomic mass is 35.6. The topological polar surface area (TPSA) is 61.6 Å². The first kappa shape index (κ1) is 18.5. The average molecular weight is 430 g/mol. The van der Waals surface area contributed by atoms with Crippen molar-refractivity contribution in [3.8, 4) is 5.75 Å². The molecule has 1 aliphatic heterocycles. The molecule has 0 aliphatic carbocycles. The first-order valence-electron chi connectivity index (χ1n) is 5.65. The van der Waals surface area contributed by atoms with Crippen LogP contribution in [0.4, 0.5) is 5.69 Å². The van der Waals surface area contributed by atoms with E-state index in [0.717, 1.165) is 0 Å². The molecule has 1 aromatic rings. The Bertz CT molecular complexity index is 612. The third-order valence-corrected chi connectivity index (χ3v) is 3.90. The van der Waals surface area contributed by atoms with Crippen LogP contribution in [0.3, 0.4) is 0 Å². The number of fused-ring (bicyclic) bond motifs is 1. The van der Waals surface area contributed by atoms with Crippen molar-refractivity contribution in [3.63, 3.8) is 0 Å². The first-order chi connectivity index (χ1) is 9.91. The molecule has 0 amide bonds. The number of benzene rings is 1. The van der Waals surface area contributed by atoms with E-state index in [-0.39, 0.29) is 17.0 Å². The van der Waals surface area contributed by atoms with Gasteiger partial charge in [-0.1, -0.05) is 69.6 Å². The van der Waals surface area contributed by atoms with Crippen molar-refractivity contribution in [1.29, 1.82) is 0 Å². The van der Waals surface area contributed by atoms with Crippen molar-refractivity contribution in [2.75, 3.05) is 0 Å². The molecule has 0 saturated carbocycles. The second kappa shape index (κ2) is 6.20. The highest BCUT2D eigenvalue weighted by molar-refractivity contribution is 6.68. The quantitative estimate of drug-likeness (QED) is 0.339. The molecule has 0 unspecified atom stereocenters. The van der Waals surface area contributed by atoms with Gasteiger partial charge in [0.15, 0.2) is 0 Å². The van der Waals surface area contributed by atoms with Gasteiger partial charge in [0.05, 0.1) is 4.92 Å². The second-order valence-electron chi connectivity index (χ2n) is 4.51. The van der Waals surface area contributed by atoms with Crippen LogP contribution in [-0.2, 0) is 4.74 Å². The Morgan fingerprint density at radius 2 is 1.73 bits per heavy atom. The summed E-state index contributed by atoms with van der Waals surface area (Å²) in [6.45, 7) is 1.64. The van der Waals surface area contributed by atoms with Gasteiger partial charge in [-0.05, 0) is 18.6 Å². The number of hydrogen-bond donors (Lipinski definition) is 0. The first-order valence-corrected chi connectivity index (χ1v) is 7.92. The van der Waals surface area contributed by atoms with E-state index in [1.807, 2.05) is 0 Å². The van der Waals surface area contributed by atoms with Crippen molar-refractivity contribution in [2.24, 2.45) is 0 Å². The molecule has 0 radical (unpaired) electrons. The fraction of sp³-hybridized carbons (Fsp3) is 0.455. The molecule has 0 aromatic heterocycles.